The van der Waals surface area contributed by atoms with Crippen molar-refractivity contribution in [2.24, 2.45) is 11.3 Å². The Morgan fingerprint density at radius 2 is 1.78 bits per heavy atom. The van der Waals surface area contributed by atoms with E-state index in [1.165, 1.54) is 57.2 Å². The summed E-state index contributed by atoms with van der Waals surface area (Å²) in [5.74, 6) is 0.970. The smallest absolute Gasteiger partial charge is 0.223 e. The average molecular weight is 370 g/mol. The van der Waals surface area contributed by atoms with E-state index in [1.54, 1.807) is 0 Å². The number of carbonyl (C=O) groups is 1. The Labute approximate surface area is 164 Å². The van der Waals surface area contributed by atoms with Crippen LogP contribution in [0.4, 0.5) is 0 Å². The van der Waals surface area contributed by atoms with E-state index in [1.807, 2.05) is 0 Å². The lowest BCUT2D eigenvalue weighted by Crippen LogP contribution is -2.49. The molecule has 1 N–H and O–H groups in total. The molecule has 2 saturated heterocycles. The van der Waals surface area contributed by atoms with Gasteiger partial charge in [-0.15, -0.1) is 0 Å². The van der Waals surface area contributed by atoms with E-state index in [9.17, 15) is 4.79 Å². The van der Waals surface area contributed by atoms with Crippen LogP contribution in [0.2, 0.25) is 0 Å². The molecule has 0 unspecified atom stereocenters. The first-order valence-electron chi connectivity index (χ1n) is 10.9. The minimum atomic E-state index is 0.205. The fraction of sp³-hybridized carbons (Fsp3) is 0.696. The molecule has 4 nitrogen and oxygen atoms in total. The molecule has 3 fully saturated rings. The molecule has 2 heterocycles. The molecule has 0 aromatic heterocycles. The SMILES string of the molecule is CN1CCN(C(=O)CC2CCC3(CCNCC3)CC2)[C@@H](c2ccccc2)C1. The Bertz CT molecular complexity index is 616. The van der Waals surface area contributed by atoms with Gasteiger partial charge in [0.05, 0.1) is 6.04 Å². The van der Waals surface area contributed by atoms with Gasteiger partial charge in [0.2, 0.25) is 5.91 Å². The van der Waals surface area contributed by atoms with Gasteiger partial charge in [0.25, 0.3) is 0 Å². The summed E-state index contributed by atoms with van der Waals surface area (Å²) in [6.07, 6.45) is 8.58. The second-order valence-electron chi connectivity index (χ2n) is 9.17. The number of benzene rings is 1. The first kappa shape index (κ1) is 18.9. The fourth-order valence-corrected chi connectivity index (χ4v) is 5.49. The van der Waals surface area contributed by atoms with Crippen molar-refractivity contribution < 1.29 is 4.79 Å². The largest absolute Gasteiger partial charge is 0.333 e. The molecule has 4 rings (SSSR count). The van der Waals surface area contributed by atoms with Crippen molar-refractivity contribution in [3.63, 3.8) is 0 Å². The second kappa shape index (κ2) is 8.32. The fourth-order valence-electron chi connectivity index (χ4n) is 5.49. The van der Waals surface area contributed by atoms with Crippen molar-refractivity contribution in [1.29, 1.82) is 0 Å². The maximum absolute atomic E-state index is 13.2. The number of nitrogens with zero attached hydrogens (tertiary/aromatic N) is 2. The summed E-state index contributed by atoms with van der Waals surface area (Å²) in [5, 5.41) is 3.50. The van der Waals surface area contributed by atoms with Gasteiger partial charge in [0, 0.05) is 26.1 Å². The number of nitrogens with one attached hydrogen (secondary N) is 1. The molecular weight excluding hydrogens is 334 g/mol. The number of hydrogen-bond donors (Lipinski definition) is 1. The van der Waals surface area contributed by atoms with Crippen LogP contribution in [0, 0.1) is 11.3 Å². The van der Waals surface area contributed by atoms with Crippen molar-refractivity contribution >= 4 is 5.91 Å². The summed E-state index contributed by atoms with van der Waals surface area (Å²) in [7, 11) is 2.16. The summed E-state index contributed by atoms with van der Waals surface area (Å²) in [4.78, 5) is 17.7. The van der Waals surface area contributed by atoms with Crippen LogP contribution < -0.4 is 5.32 Å². The number of rotatable bonds is 3. The Balaban J connectivity index is 1.37. The predicted octanol–water partition coefficient (Wildman–Crippen LogP) is 3.45. The van der Waals surface area contributed by atoms with Crippen molar-refractivity contribution in [1.82, 2.24) is 15.1 Å². The van der Waals surface area contributed by atoms with Crippen LogP contribution in [-0.4, -0.2) is 55.5 Å². The monoisotopic (exact) mass is 369 g/mol. The van der Waals surface area contributed by atoms with Crippen LogP contribution in [0.15, 0.2) is 30.3 Å². The van der Waals surface area contributed by atoms with Crippen LogP contribution in [-0.2, 0) is 4.79 Å². The zero-order chi connectivity index (χ0) is 18.7. The lowest BCUT2D eigenvalue weighted by molar-refractivity contribution is -0.137. The van der Waals surface area contributed by atoms with Crippen LogP contribution in [0.25, 0.3) is 0 Å². The summed E-state index contributed by atoms with van der Waals surface area (Å²) >= 11 is 0. The van der Waals surface area contributed by atoms with Crippen molar-refractivity contribution in [2.75, 3.05) is 39.8 Å². The minimum Gasteiger partial charge on any atom is -0.333 e. The molecule has 27 heavy (non-hydrogen) atoms. The van der Waals surface area contributed by atoms with Gasteiger partial charge in [-0.25, -0.2) is 0 Å². The van der Waals surface area contributed by atoms with Crippen LogP contribution in [0.1, 0.15) is 56.6 Å². The molecule has 1 aromatic carbocycles. The zero-order valence-electron chi connectivity index (χ0n) is 16.8. The van der Waals surface area contributed by atoms with Crippen molar-refractivity contribution in [3.8, 4) is 0 Å². The molecule has 148 valence electrons. The third kappa shape index (κ3) is 4.38. The van der Waals surface area contributed by atoms with Gasteiger partial charge in [0.15, 0.2) is 0 Å². The van der Waals surface area contributed by atoms with Gasteiger partial charge in [-0.3, -0.25) is 4.79 Å². The Morgan fingerprint density at radius 3 is 2.48 bits per heavy atom. The van der Waals surface area contributed by atoms with Gasteiger partial charge in [-0.2, -0.15) is 0 Å². The molecule has 1 aliphatic carbocycles. The summed E-state index contributed by atoms with van der Waals surface area (Å²) in [5.41, 5.74) is 1.86. The number of likely N-dealkylation sites (N-methyl/N-ethyl adjacent to an activating group) is 1. The molecule has 1 amide bonds. The van der Waals surface area contributed by atoms with E-state index in [0.29, 0.717) is 17.2 Å². The van der Waals surface area contributed by atoms with Crippen molar-refractivity contribution in [3.05, 3.63) is 35.9 Å². The molecule has 0 radical (unpaired) electrons. The highest BCUT2D eigenvalue weighted by molar-refractivity contribution is 5.77. The van der Waals surface area contributed by atoms with Crippen LogP contribution in [0.3, 0.4) is 0 Å². The van der Waals surface area contributed by atoms with E-state index in [2.05, 4.69) is 52.5 Å². The van der Waals surface area contributed by atoms with Gasteiger partial charge in [-0.1, -0.05) is 30.3 Å². The Morgan fingerprint density at radius 1 is 1.07 bits per heavy atom. The molecule has 3 aliphatic rings. The highest BCUT2D eigenvalue weighted by Crippen LogP contribution is 2.46. The van der Waals surface area contributed by atoms with Crippen LogP contribution >= 0.6 is 0 Å². The quantitative estimate of drug-likeness (QED) is 0.886. The van der Waals surface area contributed by atoms with Crippen molar-refractivity contribution in [2.45, 2.75) is 51.0 Å². The number of piperazine rings is 1. The average Bonchev–Trinajstić information content (AvgIpc) is 2.71. The topological polar surface area (TPSA) is 35.6 Å². The number of amides is 1. The van der Waals surface area contributed by atoms with E-state index >= 15 is 0 Å². The highest BCUT2D eigenvalue weighted by Gasteiger charge is 2.38. The molecule has 0 bridgehead atoms. The molecule has 1 aromatic rings. The molecule has 2 aliphatic heterocycles. The van der Waals surface area contributed by atoms with Gasteiger partial charge in [-0.05, 0) is 75.6 Å². The lowest BCUT2D eigenvalue weighted by Gasteiger charge is -2.44. The second-order valence-corrected chi connectivity index (χ2v) is 9.17. The number of hydrogen-bond acceptors (Lipinski definition) is 3. The van der Waals surface area contributed by atoms with Gasteiger partial charge >= 0.3 is 0 Å². The van der Waals surface area contributed by atoms with Gasteiger partial charge in [0.1, 0.15) is 0 Å². The third-order valence-corrected chi connectivity index (χ3v) is 7.38. The molecular formula is C23H35N3O. The lowest BCUT2D eigenvalue weighted by atomic mass is 9.65. The summed E-state index contributed by atoms with van der Waals surface area (Å²) < 4.78 is 0. The summed E-state index contributed by atoms with van der Waals surface area (Å²) in [6, 6.07) is 10.8. The van der Waals surface area contributed by atoms with Gasteiger partial charge < -0.3 is 15.1 Å². The highest BCUT2D eigenvalue weighted by atomic mass is 16.2. The summed E-state index contributed by atoms with van der Waals surface area (Å²) in [6.45, 7) is 5.15. The first-order valence-corrected chi connectivity index (χ1v) is 10.9. The number of carbonyl (C=O) groups excluding carboxylic acids is 1. The predicted molar refractivity (Wildman–Crippen MR) is 110 cm³/mol. The number of piperidine rings is 1. The van der Waals surface area contributed by atoms with E-state index in [-0.39, 0.29) is 6.04 Å². The first-order chi connectivity index (χ1) is 13.2. The van der Waals surface area contributed by atoms with Crippen LogP contribution in [0.5, 0.6) is 0 Å². The molecule has 1 spiro atoms. The maximum atomic E-state index is 13.2. The molecule has 1 saturated carbocycles. The zero-order valence-corrected chi connectivity index (χ0v) is 16.8. The maximum Gasteiger partial charge on any atom is 0.223 e. The molecule has 4 heteroatoms. The van der Waals surface area contributed by atoms with E-state index in [4.69, 9.17) is 0 Å². The Kier molecular flexibility index (Phi) is 5.84. The third-order valence-electron chi connectivity index (χ3n) is 7.38. The standard InChI is InChI=1S/C23H35N3O/c1-25-15-16-26(21(18-25)20-5-3-2-4-6-20)22(27)17-19-7-9-23(10-8-19)11-13-24-14-12-23/h2-6,19,21,24H,7-18H2,1H3/t21-/m1/s1. The van der Waals surface area contributed by atoms with E-state index < -0.39 is 0 Å². The molecule has 1 atom stereocenters. The normalized spacial score (nSPS) is 27.0. The van der Waals surface area contributed by atoms with E-state index in [0.717, 1.165) is 26.1 Å². The Hall–Kier alpha value is -1.39. The minimum absolute atomic E-state index is 0.205.